The van der Waals surface area contributed by atoms with E-state index < -0.39 is 0 Å². The summed E-state index contributed by atoms with van der Waals surface area (Å²) in [6.07, 6.45) is 1.99. The minimum atomic E-state index is 1.57. The van der Waals surface area contributed by atoms with E-state index in [4.69, 9.17) is 5.26 Å². The van der Waals surface area contributed by atoms with Crippen molar-refractivity contribution < 1.29 is 0 Å². The van der Waals surface area contributed by atoms with Crippen LogP contribution in [0.3, 0.4) is 0 Å². The molecular weight excluding hydrogens is 50.0 g/mol. The zero-order chi connectivity index (χ0) is 3.41. The summed E-state index contributed by atoms with van der Waals surface area (Å²) in [4.78, 5) is 0. The van der Waals surface area contributed by atoms with Gasteiger partial charge < -0.3 is 6.08 Å². The van der Waals surface area contributed by atoms with Gasteiger partial charge in [0, 0.05) is 0 Å². The SMILES string of the molecule is C=[C-]C#N. The third kappa shape index (κ3) is 1.23. The zero-order valence-corrected chi connectivity index (χ0v) is 2.15. The molecule has 0 saturated heterocycles. The van der Waals surface area contributed by atoms with Crippen molar-refractivity contribution in [2.75, 3.05) is 0 Å². The fraction of sp³-hybridized carbons (Fsp3) is 0. The van der Waals surface area contributed by atoms with E-state index in [9.17, 15) is 0 Å². The maximum atomic E-state index is 7.45. The molecule has 1 heteroatoms. The Hall–Kier alpha value is -0.770. The first-order valence-electron chi connectivity index (χ1n) is 0.827. The first kappa shape index (κ1) is 3.23. The smallest absolute Gasteiger partial charge is 0.126 e. The van der Waals surface area contributed by atoms with Crippen molar-refractivity contribution in [3.05, 3.63) is 12.7 Å². The fourth-order valence-electron chi connectivity index (χ4n) is 0. The number of rotatable bonds is 0. The molecule has 0 atom stereocenters. The molecule has 0 saturated carbocycles. The van der Waals surface area contributed by atoms with Gasteiger partial charge in [0.05, 0.1) is 0 Å². The lowest BCUT2D eigenvalue weighted by Gasteiger charge is -1.59. The third-order valence-electron chi connectivity index (χ3n) is 0.0791. The van der Waals surface area contributed by atoms with Gasteiger partial charge in [0.1, 0.15) is 0 Å². The van der Waals surface area contributed by atoms with E-state index in [1.807, 2.05) is 6.08 Å². The van der Waals surface area contributed by atoms with E-state index in [-0.39, 0.29) is 0 Å². The van der Waals surface area contributed by atoms with Crippen LogP contribution in [0, 0.1) is 17.4 Å². The summed E-state index contributed by atoms with van der Waals surface area (Å²) in [5, 5.41) is 7.45. The van der Waals surface area contributed by atoms with Gasteiger partial charge >= 0.3 is 0 Å². The van der Waals surface area contributed by atoms with Gasteiger partial charge in [0.2, 0.25) is 0 Å². The summed E-state index contributed by atoms with van der Waals surface area (Å²) in [5.74, 6) is 0. The Balaban J connectivity index is 2.92. The minimum absolute atomic E-state index is 1.57. The highest BCUT2D eigenvalue weighted by molar-refractivity contribution is 4.83. The van der Waals surface area contributed by atoms with Crippen LogP contribution in [-0.4, -0.2) is 0 Å². The van der Waals surface area contributed by atoms with E-state index in [0.717, 1.165) is 0 Å². The molecule has 0 aliphatic heterocycles. The first-order chi connectivity index (χ1) is 1.91. The highest BCUT2D eigenvalue weighted by Gasteiger charge is 1.06. The van der Waals surface area contributed by atoms with Gasteiger partial charge in [-0.3, -0.25) is 6.58 Å². The average molecular weight is 52.1 g/mol. The van der Waals surface area contributed by atoms with Crippen LogP contribution in [0.4, 0.5) is 0 Å². The number of nitrogens with zero attached hydrogens (tertiary/aromatic N) is 1. The fourth-order valence-corrected chi connectivity index (χ4v) is 0. The first-order valence-corrected chi connectivity index (χ1v) is 0.827. The van der Waals surface area contributed by atoms with Crippen LogP contribution < -0.4 is 0 Å². The van der Waals surface area contributed by atoms with Crippen LogP contribution in [0.2, 0.25) is 0 Å². The number of nitriles is 1. The molecule has 0 rings (SSSR count). The van der Waals surface area contributed by atoms with Gasteiger partial charge in [0.15, 0.2) is 0 Å². The topological polar surface area (TPSA) is 23.8 Å². The highest BCUT2D eigenvalue weighted by atomic mass is 14.2. The second-order valence-electron chi connectivity index (χ2n) is 0.289. The molecule has 0 heterocycles. The van der Waals surface area contributed by atoms with E-state index >= 15 is 0 Å². The molecule has 0 aromatic heterocycles. The van der Waals surface area contributed by atoms with Crippen LogP contribution >= 0.6 is 0 Å². The number of hydrogen-bond acceptors (Lipinski definition) is 1. The van der Waals surface area contributed by atoms with Crippen molar-refractivity contribution in [3.63, 3.8) is 0 Å². The molecule has 4 heavy (non-hydrogen) atoms. The lowest BCUT2D eigenvalue weighted by molar-refractivity contribution is 1.53. The molecule has 0 aliphatic rings. The van der Waals surface area contributed by atoms with Crippen LogP contribution in [0.1, 0.15) is 0 Å². The van der Waals surface area contributed by atoms with Crippen LogP contribution in [0.15, 0.2) is 6.58 Å². The van der Waals surface area contributed by atoms with E-state index in [0.29, 0.717) is 0 Å². The Morgan fingerprint density at radius 2 is 2.25 bits per heavy atom. The summed E-state index contributed by atoms with van der Waals surface area (Å²) in [6, 6.07) is 1.57. The molecule has 0 amide bonds. The molecule has 0 aromatic rings. The zero-order valence-electron chi connectivity index (χ0n) is 2.15. The molecule has 1 nitrogen and oxygen atoms in total. The highest BCUT2D eigenvalue weighted by Crippen LogP contribution is 1.38. The molecule has 0 unspecified atom stereocenters. The molecule has 0 bridgehead atoms. The van der Waals surface area contributed by atoms with Crippen molar-refractivity contribution in [3.8, 4) is 6.07 Å². The largest absolute Gasteiger partial charge is 0.393 e. The van der Waals surface area contributed by atoms with Crippen molar-refractivity contribution >= 4 is 0 Å². The lowest BCUT2D eigenvalue weighted by Crippen LogP contribution is -1.26. The molecule has 0 aromatic carbocycles. The Morgan fingerprint density at radius 1 is 2.00 bits per heavy atom. The summed E-state index contributed by atoms with van der Waals surface area (Å²) in [7, 11) is 0. The maximum absolute atomic E-state index is 7.45. The van der Waals surface area contributed by atoms with Gasteiger partial charge in [-0.15, -0.1) is 6.07 Å². The maximum Gasteiger partial charge on any atom is -0.126 e. The Labute approximate surface area is 25.2 Å². The van der Waals surface area contributed by atoms with Crippen molar-refractivity contribution in [1.29, 1.82) is 5.26 Å². The van der Waals surface area contributed by atoms with Crippen molar-refractivity contribution in [2.24, 2.45) is 0 Å². The molecular formula is C3H2N-. The lowest BCUT2D eigenvalue weighted by atomic mass is 10.8. The standard InChI is InChI=1S/C3H2N/c1-2-3-4/h1H2/q-1. The second-order valence-corrected chi connectivity index (χ2v) is 0.289. The van der Waals surface area contributed by atoms with Gasteiger partial charge in [-0.2, -0.15) is 0 Å². The van der Waals surface area contributed by atoms with Gasteiger partial charge in [0.25, 0.3) is 0 Å². The van der Waals surface area contributed by atoms with Gasteiger partial charge in [-0.25, -0.2) is 5.26 Å². The number of hydrogen-bond donors (Lipinski definition) is 0. The van der Waals surface area contributed by atoms with Crippen LogP contribution in [0.25, 0.3) is 0 Å². The van der Waals surface area contributed by atoms with Gasteiger partial charge in [-0.1, -0.05) is 0 Å². The molecule has 0 N–H and O–H groups in total. The summed E-state index contributed by atoms with van der Waals surface area (Å²) >= 11 is 0. The molecule has 0 radical (unpaired) electrons. The summed E-state index contributed by atoms with van der Waals surface area (Å²) in [6.45, 7) is 2.99. The molecule has 0 aliphatic carbocycles. The predicted octanol–water partition coefficient (Wildman–Crippen LogP) is 0.499. The molecule has 0 spiro atoms. The van der Waals surface area contributed by atoms with Crippen LogP contribution in [-0.2, 0) is 0 Å². The van der Waals surface area contributed by atoms with E-state index in [2.05, 4.69) is 6.58 Å². The Bertz CT molecular complexity index is 48.8. The molecule has 0 fully saturated rings. The molecule has 20 valence electrons. The normalized spacial score (nSPS) is 3.75. The monoisotopic (exact) mass is 52.0 g/mol. The van der Waals surface area contributed by atoms with Crippen LogP contribution in [0.5, 0.6) is 0 Å². The minimum Gasteiger partial charge on any atom is -0.393 e. The second kappa shape index (κ2) is 2.23. The summed E-state index contributed by atoms with van der Waals surface area (Å²) < 4.78 is 0. The number of allylic oxidation sites excluding steroid dienone is 1. The quantitative estimate of drug-likeness (QED) is 0.291. The Morgan fingerprint density at radius 3 is 2.25 bits per heavy atom. The summed E-state index contributed by atoms with van der Waals surface area (Å²) in [5.41, 5.74) is 0. The third-order valence-corrected chi connectivity index (χ3v) is 0.0791. The average Bonchev–Trinajstić information content (AvgIpc) is 1.37. The Kier molecular flexibility index (Phi) is 1.80. The van der Waals surface area contributed by atoms with Gasteiger partial charge in [-0.05, 0) is 0 Å². The van der Waals surface area contributed by atoms with Crippen molar-refractivity contribution in [1.82, 2.24) is 0 Å². The van der Waals surface area contributed by atoms with E-state index in [1.54, 1.807) is 6.07 Å². The predicted molar refractivity (Wildman–Crippen MR) is 14.5 cm³/mol. The van der Waals surface area contributed by atoms with Crippen molar-refractivity contribution in [2.45, 2.75) is 0 Å². The van der Waals surface area contributed by atoms with E-state index in [1.165, 1.54) is 0 Å².